The van der Waals surface area contributed by atoms with Gasteiger partial charge in [-0.15, -0.1) is 34.4 Å². The lowest BCUT2D eigenvalue weighted by molar-refractivity contribution is -0.117. The zero-order valence-electron chi connectivity index (χ0n) is 14.0. The van der Waals surface area contributed by atoms with Gasteiger partial charge in [0.15, 0.2) is 0 Å². The highest BCUT2D eigenvalue weighted by Crippen LogP contribution is 2.24. The maximum Gasteiger partial charge on any atom is 0.238 e. The Morgan fingerprint density at radius 2 is 1.64 bits per heavy atom. The van der Waals surface area contributed by atoms with Gasteiger partial charge in [-0.3, -0.25) is 9.69 Å². The number of anilines is 1. The molecule has 6 heteroatoms. The monoisotopic (exact) mass is 388 g/mol. The molecule has 3 nitrogen and oxygen atoms in total. The van der Waals surface area contributed by atoms with Crippen molar-refractivity contribution in [2.75, 3.05) is 18.1 Å². The molecule has 0 unspecified atom stereocenters. The molecule has 0 radical (unpaired) electrons. The number of nitrogens with one attached hydrogen (secondary N) is 1. The average molecular weight is 389 g/mol. The molecule has 2 aromatic heterocycles. The number of amides is 1. The van der Waals surface area contributed by atoms with E-state index in [1.165, 1.54) is 9.75 Å². The van der Waals surface area contributed by atoms with E-state index >= 15 is 0 Å². The number of thiophene rings is 2. The Bertz CT molecular complexity index is 749. The van der Waals surface area contributed by atoms with Crippen LogP contribution in [0.5, 0.6) is 0 Å². The number of rotatable bonds is 8. The third-order valence-electron chi connectivity index (χ3n) is 3.67. The zero-order valence-corrected chi connectivity index (χ0v) is 16.4. The third kappa shape index (κ3) is 5.44. The zero-order chi connectivity index (χ0) is 17.5. The minimum atomic E-state index is 0.0228. The minimum Gasteiger partial charge on any atom is -0.324 e. The molecule has 0 aliphatic carbocycles. The van der Waals surface area contributed by atoms with Crippen LogP contribution < -0.4 is 5.32 Å². The number of para-hydroxylation sites is 1. The van der Waals surface area contributed by atoms with Crippen LogP contribution in [0.3, 0.4) is 0 Å². The van der Waals surface area contributed by atoms with Crippen LogP contribution >= 0.6 is 34.4 Å². The first-order chi connectivity index (χ1) is 12.2. The molecule has 0 spiro atoms. The first-order valence-electron chi connectivity index (χ1n) is 7.94. The fourth-order valence-corrected chi connectivity index (χ4v) is 4.60. The van der Waals surface area contributed by atoms with Crippen LogP contribution in [0.4, 0.5) is 5.69 Å². The van der Waals surface area contributed by atoms with Crippen molar-refractivity contribution >= 4 is 46.0 Å². The fourth-order valence-electron chi connectivity index (χ4n) is 2.55. The quantitative estimate of drug-likeness (QED) is 0.540. The molecule has 0 bridgehead atoms. The van der Waals surface area contributed by atoms with Crippen molar-refractivity contribution in [1.29, 1.82) is 0 Å². The van der Waals surface area contributed by atoms with Gasteiger partial charge in [-0.2, -0.15) is 0 Å². The van der Waals surface area contributed by atoms with E-state index in [2.05, 4.69) is 45.2 Å². The molecule has 0 saturated carbocycles. The van der Waals surface area contributed by atoms with Crippen LogP contribution in [-0.4, -0.2) is 23.6 Å². The summed E-state index contributed by atoms with van der Waals surface area (Å²) in [4.78, 5) is 18.4. The molecular weight excluding hydrogens is 368 g/mol. The molecule has 130 valence electrons. The lowest BCUT2D eigenvalue weighted by Crippen LogP contribution is -2.32. The van der Waals surface area contributed by atoms with Crippen LogP contribution in [0, 0.1) is 0 Å². The molecule has 3 aromatic rings. The van der Waals surface area contributed by atoms with Crippen molar-refractivity contribution in [3.63, 3.8) is 0 Å². The van der Waals surface area contributed by atoms with Crippen molar-refractivity contribution in [2.45, 2.75) is 18.0 Å². The molecule has 0 atom stereocenters. The molecular formula is C19H20N2OS3. The molecule has 0 aliphatic rings. The van der Waals surface area contributed by atoms with Crippen molar-refractivity contribution in [3.05, 3.63) is 69.0 Å². The molecule has 1 amide bonds. The predicted molar refractivity (Wildman–Crippen MR) is 110 cm³/mol. The fraction of sp³-hybridized carbons (Fsp3) is 0.211. The first kappa shape index (κ1) is 18.2. The number of hydrogen-bond donors (Lipinski definition) is 1. The topological polar surface area (TPSA) is 32.3 Å². The molecule has 0 saturated heterocycles. The van der Waals surface area contributed by atoms with Gasteiger partial charge in [-0.1, -0.05) is 24.3 Å². The second-order valence-electron chi connectivity index (χ2n) is 5.55. The molecule has 25 heavy (non-hydrogen) atoms. The number of hydrogen-bond acceptors (Lipinski definition) is 5. The van der Waals surface area contributed by atoms with Crippen molar-refractivity contribution in [3.8, 4) is 0 Å². The summed E-state index contributed by atoms with van der Waals surface area (Å²) in [5, 5.41) is 7.21. The number of carbonyl (C=O) groups excluding carboxylic acids is 1. The van der Waals surface area contributed by atoms with Gasteiger partial charge in [0.1, 0.15) is 0 Å². The first-order valence-corrected chi connectivity index (χ1v) is 10.9. The van der Waals surface area contributed by atoms with Gasteiger partial charge in [0.25, 0.3) is 0 Å². The summed E-state index contributed by atoms with van der Waals surface area (Å²) in [6.07, 6.45) is 2.02. The molecule has 0 aliphatic heterocycles. The maximum atomic E-state index is 12.6. The number of nitrogens with zero attached hydrogens (tertiary/aromatic N) is 1. The van der Waals surface area contributed by atoms with Gasteiger partial charge < -0.3 is 5.32 Å². The Kier molecular flexibility index (Phi) is 6.69. The number of carbonyl (C=O) groups is 1. The summed E-state index contributed by atoms with van der Waals surface area (Å²) in [7, 11) is 0. The van der Waals surface area contributed by atoms with Gasteiger partial charge in [-0.25, -0.2) is 0 Å². The van der Waals surface area contributed by atoms with Gasteiger partial charge >= 0.3 is 0 Å². The standard InChI is InChI=1S/C19H20N2OS3/c1-23-18-9-3-2-8-17(18)20-19(22)14-21(12-15-6-4-10-24-15)13-16-7-5-11-25-16/h2-11H,12-14H2,1H3,(H,20,22). The SMILES string of the molecule is CSc1ccccc1NC(=O)CN(Cc1cccs1)Cc1cccs1. The number of thioether (sulfide) groups is 1. The summed E-state index contributed by atoms with van der Waals surface area (Å²) in [5.41, 5.74) is 0.882. The van der Waals surface area contributed by atoms with Crippen molar-refractivity contribution in [1.82, 2.24) is 4.90 Å². The normalized spacial score (nSPS) is 11.0. The highest BCUT2D eigenvalue weighted by atomic mass is 32.2. The Morgan fingerprint density at radius 3 is 2.20 bits per heavy atom. The van der Waals surface area contributed by atoms with E-state index in [0.29, 0.717) is 6.54 Å². The van der Waals surface area contributed by atoms with Crippen LogP contribution in [0.15, 0.2) is 64.2 Å². The Morgan fingerprint density at radius 1 is 1.00 bits per heavy atom. The van der Waals surface area contributed by atoms with Gasteiger partial charge in [0.05, 0.1) is 12.2 Å². The van der Waals surface area contributed by atoms with Crippen LogP contribution in [0.2, 0.25) is 0 Å². The van der Waals surface area contributed by atoms with Crippen LogP contribution in [-0.2, 0) is 17.9 Å². The lowest BCUT2D eigenvalue weighted by Gasteiger charge is -2.21. The van der Waals surface area contributed by atoms with Gasteiger partial charge in [0, 0.05) is 27.7 Å². The van der Waals surface area contributed by atoms with Crippen LogP contribution in [0.1, 0.15) is 9.75 Å². The Hall–Kier alpha value is -1.60. The van der Waals surface area contributed by atoms with Crippen LogP contribution in [0.25, 0.3) is 0 Å². The van der Waals surface area contributed by atoms with E-state index < -0.39 is 0 Å². The second-order valence-corrected chi connectivity index (χ2v) is 8.46. The molecule has 3 rings (SSSR count). The second kappa shape index (κ2) is 9.20. The van der Waals surface area contributed by atoms with Gasteiger partial charge in [0.2, 0.25) is 5.91 Å². The van der Waals surface area contributed by atoms with Crippen molar-refractivity contribution in [2.24, 2.45) is 0 Å². The average Bonchev–Trinajstić information content (AvgIpc) is 3.29. The smallest absolute Gasteiger partial charge is 0.238 e. The molecule has 1 N–H and O–H groups in total. The summed E-state index contributed by atoms with van der Waals surface area (Å²) in [5.74, 6) is 0.0228. The van der Waals surface area contributed by atoms with Gasteiger partial charge in [-0.05, 0) is 41.3 Å². The minimum absolute atomic E-state index is 0.0228. The highest BCUT2D eigenvalue weighted by Gasteiger charge is 2.14. The maximum absolute atomic E-state index is 12.6. The van der Waals surface area contributed by atoms with Crippen molar-refractivity contribution < 1.29 is 4.79 Å². The lowest BCUT2D eigenvalue weighted by atomic mass is 10.3. The predicted octanol–water partition coefficient (Wildman–Crippen LogP) is 5.17. The summed E-state index contributed by atoms with van der Waals surface area (Å²) in [6.45, 7) is 1.94. The summed E-state index contributed by atoms with van der Waals surface area (Å²) < 4.78 is 0. The molecule has 0 fully saturated rings. The van der Waals surface area contributed by atoms with E-state index in [1.807, 2.05) is 30.5 Å². The van der Waals surface area contributed by atoms with E-state index in [1.54, 1.807) is 34.4 Å². The van der Waals surface area contributed by atoms with E-state index in [9.17, 15) is 4.79 Å². The van der Waals surface area contributed by atoms with E-state index in [0.717, 1.165) is 23.7 Å². The summed E-state index contributed by atoms with van der Waals surface area (Å²) in [6, 6.07) is 16.3. The largest absolute Gasteiger partial charge is 0.324 e. The highest BCUT2D eigenvalue weighted by molar-refractivity contribution is 7.98. The Labute approximate surface area is 160 Å². The summed E-state index contributed by atoms with van der Waals surface area (Å²) >= 11 is 5.09. The Balaban J connectivity index is 1.67. The third-order valence-corrected chi connectivity index (χ3v) is 6.19. The van der Waals surface area contributed by atoms with E-state index in [4.69, 9.17) is 0 Å². The number of benzene rings is 1. The molecule has 2 heterocycles. The van der Waals surface area contributed by atoms with E-state index in [-0.39, 0.29) is 5.91 Å². The molecule has 1 aromatic carbocycles.